The van der Waals surface area contributed by atoms with Crippen molar-refractivity contribution < 1.29 is 0 Å². The maximum Gasteiger partial charge on any atom is 0.0490 e. The Hall–Kier alpha value is -1.61. The topological polar surface area (TPSA) is 40.7 Å². The summed E-state index contributed by atoms with van der Waals surface area (Å²) in [6.45, 7) is 7.68. The van der Waals surface area contributed by atoms with Crippen LogP contribution in [0.25, 0.3) is 0 Å². The van der Waals surface area contributed by atoms with E-state index in [-0.39, 0.29) is 5.41 Å². The molecule has 0 fully saturated rings. The fraction of sp³-hybridized carbons (Fsp3) is 0.438. The Morgan fingerprint density at radius 2 is 1.95 bits per heavy atom. The molecule has 2 N–H and O–H groups in total. The highest BCUT2D eigenvalue weighted by Crippen LogP contribution is 2.28. The smallest absolute Gasteiger partial charge is 0.0490 e. The standard InChI is InChI=1S/C16H23N3/c1-13(17-12-15-9-10-18-19-15)11-16(2,3)14-7-5-4-6-8-14/h4-10,13,17H,11-12H2,1-3H3,(H,18,19). The van der Waals surface area contributed by atoms with Crippen molar-refractivity contribution in [3.05, 3.63) is 53.9 Å². The summed E-state index contributed by atoms with van der Waals surface area (Å²) in [5, 5.41) is 10.5. The third kappa shape index (κ3) is 3.93. The molecule has 0 radical (unpaired) electrons. The lowest BCUT2D eigenvalue weighted by Crippen LogP contribution is -2.33. The molecular formula is C16H23N3. The Bertz CT molecular complexity index is 474. The molecular weight excluding hydrogens is 234 g/mol. The Labute approximate surface area is 115 Å². The second kappa shape index (κ2) is 6.02. The number of nitrogens with one attached hydrogen (secondary N) is 2. The molecule has 0 saturated heterocycles. The Kier molecular flexibility index (Phi) is 4.38. The fourth-order valence-electron chi connectivity index (χ4n) is 2.51. The van der Waals surface area contributed by atoms with Gasteiger partial charge in [-0.15, -0.1) is 0 Å². The third-order valence-electron chi connectivity index (χ3n) is 3.57. The number of benzene rings is 1. The normalized spacial score (nSPS) is 13.4. The Morgan fingerprint density at radius 1 is 1.21 bits per heavy atom. The molecule has 3 nitrogen and oxygen atoms in total. The molecule has 0 spiro atoms. The van der Waals surface area contributed by atoms with Crippen LogP contribution in [-0.2, 0) is 12.0 Å². The third-order valence-corrected chi connectivity index (χ3v) is 3.57. The van der Waals surface area contributed by atoms with Crippen LogP contribution < -0.4 is 5.32 Å². The van der Waals surface area contributed by atoms with Gasteiger partial charge in [0, 0.05) is 24.5 Å². The lowest BCUT2D eigenvalue weighted by atomic mass is 9.79. The van der Waals surface area contributed by atoms with Gasteiger partial charge in [0.1, 0.15) is 0 Å². The van der Waals surface area contributed by atoms with Gasteiger partial charge in [-0.05, 0) is 30.4 Å². The molecule has 1 unspecified atom stereocenters. The van der Waals surface area contributed by atoms with E-state index in [1.807, 2.05) is 6.07 Å². The highest BCUT2D eigenvalue weighted by Gasteiger charge is 2.22. The number of H-pyrrole nitrogens is 1. The minimum Gasteiger partial charge on any atom is -0.309 e. The summed E-state index contributed by atoms with van der Waals surface area (Å²) in [5.74, 6) is 0. The minimum absolute atomic E-state index is 0.182. The molecule has 0 bridgehead atoms. The first kappa shape index (κ1) is 13.8. The van der Waals surface area contributed by atoms with E-state index < -0.39 is 0 Å². The number of aromatic nitrogens is 2. The number of hydrogen-bond acceptors (Lipinski definition) is 2. The van der Waals surface area contributed by atoms with Crippen molar-refractivity contribution in [1.29, 1.82) is 0 Å². The first-order valence-electron chi connectivity index (χ1n) is 6.85. The van der Waals surface area contributed by atoms with E-state index in [1.165, 1.54) is 5.56 Å². The van der Waals surface area contributed by atoms with Gasteiger partial charge in [-0.1, -0.05) is 44.2 Å². The molecule has 0 aliphatic carbocycles. The van der Waals surface area contributed by atoms with Gasteiger partial charge in [0.25, 0.3) is 0 Å². The van der Waals surface area contributed by atoms with E-state index in [1.54, 1.807) is 6.20 Å². The van der Waals surface area contributed by atoms with Gasteiger partial charge in [0.15, 0.2) is 0 Å². The lowest BCUT2D eigenvalue weighted by molar-refractivity contribution is 0.387. The summed E-state index contributed by atoms with van der Waals surface area (Å²) in [5.41, 5.74) is 2.70. The van der Waals surface area contributed by atoms with Crippen LogP contribution in [0.5, 0.6) is 0 Å². The number of aromatic amines is 1. The van der Waals surface area contributed by atoms with Gasteiger partial charge < -0.3 is 5.32 Å². The van der Waals surface area contributed by atoms with Gasteiger partial charge >= 0.3 is 0 Å². The molecule has 2 rings (SSSR count). The molecule has 0 aliphatic heterocycles. The molecule has 1 aromatic carbocycles. The zero-order valence-corrected chi connectivity index (χ0v) is 12.0. The molecule has 1 heterocycles. The summed E-state index contributed by atoms with van der Waals surface area (Å²) in [4.78, 5) is 0. The van der Waals surface area contributed by atoms with E-state index in [0.29, 0.717) is 6.04 Å². The van der Waals surface area contributed by atoms with Crippen LogP contribution >= 0.6 is 0 Å². The van der Waals surface area contributed by atoms with Crippen LogP contribution in [-0.4, -0.2) is 16.2 Å². The molecule has 0 saturated carbocycles. The minimum atomic E-state index is 0.182. The predicted molar refractivity (Wildman–Crippen MR) is 79.0 cm³/mol. The van der Waals surface area contributed by atoms with Crippen molar-refractivity contribution in [2.45, 2.75) is 45.2 Å². The van der Waals surface area contributed by atoms with Gasteiger partial charge in [-0.25, -0.2) is 0 Å². The van der Waals surface area contributed by atoms with Crippen molar-refractivity contribution in [1.82, 2.24) is 15.5 Å². The van der Waals surface area contributed by atoms with Crippen LogP contribution in [0.4, 0.5) is 0 Å². The number of hydrogen-bond donors (Lipinski definition) is 2. The highest BCUT2D eigenvalue weighted by atomic mass is 15.1. The lowest BCUT2D eigenvalue weighted by Gasteiger charge is -2.29. The molecule has 0 amide bonds. The first-order chi connectivity index (χ1) is 9.08. The summed E-state index contributed by atoms with van der Waals surface area (Å²) >= 11 is 0. The van der Waals surface area contributed by atoms with Gasteiger partial charge in [0.2, 0.25) is 0 Å². The van der Waals surface area contributed by atoms with Crippen molar-refractivity contribution in [2.24, 2.45) is 0 Å². The van der Waals surface area contributed by atoms with Gasteiger partial charge in [-0.3, -0.25) is 5.10 Å². The van der Waals surface area contributed by atoms with Gasteiger partial charge in [-0.2, -0.15) is 5.10 Å². The average Bonchev–Trinajstić information content (AvgIpc) is 2.90. The van der Waals surface area contributed by atoms with Crippen molar-refractivity contribution in [3.63, 3.8) is 0 Å². The maximum absolute atomic E-state index is 3.96. The molecule has 3 heteroatoms. The summed E-state index contributed by atoms with van der Waals surface area (Å²) in [6.07, 6.45) is 2.89. The fourth-order valence-corrected chi connectivity index (χ4v) is 2.51. The maximum atomic E-state index is 3.96. The van der Waals surface area contributed by atoms with E-state index in [0.717, 1.165) is 18.7 Å². The predicted octanol–water partition coefficient (Wildman–Crippen LogP) is 3.26. The molecule has 0 aliphatic rings. The molecule has 2 aromatic rings. The quantitative estimate of drug-likeness (QED) is 0.834. The summed E-state index contributed by atoms with van der Waals surface area (Å²) in [7, 11) is 0. The van der Waals surface area contributed by atoms with Crippen LogP contribution in [0.1, 0.15) is 38.4 Å². The van der Waals surface area contributed by atoms with E-state index in [4.69, 9.17) is 0 Å². The summed E-state index contributed by atoms with van der Waals surface area (Å²) in [6, 6.07) is 13.2. The second-order valence-corrected chi connectivity index (χ2v) is 5.82. The van der Waals surface area contributed by atoms with Crippen LogP contribution in [0.3, 0.4) is 0 Å². The van der Waals surface area contributed by atoms with Crippen LogP contribution in [0.2, 0.25) is 0 Å². The monoisotopic (exact) mass is 257 g/mol. The van der Waals surface area contributed by atoms with E-state index >= 15 is 0 Å². The van der Waals surface area contributed by atoms with E-state index in [9.17, 15) is 0 Å². The SMILES string of the molecule is CC(CC(C)(C)c1ccccc1)NCc1ccn[nH]1. The van der Waals surface area contributed by atoms with Crippen molar-refractivity contribution in [2.75, 3.05) is 0 Å². The Balaban J connectivity index is 1.89. The molecule has 1 aromatic heterocycles. The zero-order chi connectivity index (χ0) is 13.7. The molecule has 19 heavy (non-hydrogen) atoms. The average molecular weight is 257 g/mol. The van der Waals surface area contributed by atoms with Gasteiger partial charge in [0.05, 0.1) is 0 Å². The Morgan fingerprint density at radius 3 is 2.58 bits per heavy atom. The second-order valence-electron chi connectivity index (χ2n) is 5.82. The van der Waals surface area contributed by atoms with Crippen LogP contribution in [0.15, 0.2) is 42.6 Å². The largest absolute Gasteiger partial charge is 0.309 e. The van der Waals surface area contributed by atoms with Crippen LogP contribution in [0, 0.1) is 0 Å². The van der Waals surface area contributed by atoms with Crippen molar-refractivity contribution >= 4 is 0 Å². The van der Waals surface area contributed by atoms with Crippen molar-refractivity contribution in [3.8, 4) is 0 Å². The first-order valence-corrected chi connectivity index (χ1v) is 6.85. The highest BCUT2D eigenvalue weighted by molar-refractivity contribution is 5.23. The molecule has 1 atom stereocenters. The summed E-state index contributed by atoms with van der Waals surface area (Å²) < 4.78 is 0. The number of nitrogens with zero attached hydrogens (tertiary/aromatic N) is 1. The molecule has 102 valence electrons. The zero-order valence-electron chi connectivity index (χ0n) is 12.0. The number of rotatable bonds is 6. The van der Waals surface area contributed by atoms with E-state index in [2.05, 4.69) is 66.6 Å².